The molecule has 0 fully saturated rings. The van der Waals surface area contributed by atoms with Crippen LogP contribution in [0.5, 0.6) is 0 Å². The van der Waals surface area contributed by atoms with Crippen LogP contribution in [-0.2, 0) is 4.79 Å². The molecule has 0 saturated heterocycles. The molecule has 0 rings (SSSR count). The third-order valence-corrected chi connectivity index (χ3v) is 1.17. The smallest absolute Gasteiger partial charge is 0.246 e. The summed E-state index contributed by atoms with van der Waals surface area (Å²) >= 11 is 0. The zero-order valence-electron chi connectivity index (χ0n) is 6.81. The third kappa shape index (κ3) is 5.57. The molecule has 0 unspecified atom stereocenters. The van der Waals surface area contributed by atoms with Crippen molar-refractivity contribution in [3.63, 3.8) is 0 Å². The van der Waals surface area contributed by atoms with Gasteiger partial charge in [-0.2, -0.15) is 0 Å². The minimum absolute atomic E-state index is 0.0954. The summed E-state index contributed by atoms with van der Waals surface area (Å²) in [5.41, 5.74) is 3.03. The van der Waals surface area contributed by atoms with E-state index in [0.29, 0.717) is 18.7 Å². The highest BCUT2D eigenvalue weighted by atomic mass is 16.1. The Bertz CT molecular complexity index is 145. The van der Waals surface area contributed by atoms with Crippen LogP contribution in [0.3, 0.4) is 0 Å². The molecular formula is C7H15N3O. The first-order chi connectivity index (χ1) is 5.18. The zero-order valence-corrected chi connectivity index (χ0v) is 6.81. The lowest BCUT2D eigenvalue weighted by Crippen LogP contribution is -2.29. The molecule has 4 heteroatoms. The monoisotopic (exact) mass is 157 g/mol. The molecular weight excluding hydrogens is 142 g/mol. The highest BCUT2D eigenvalue weighted by Gasteiger charge is 1.98. The Morgan fingerprint density at radius 2 is 2.18 bits per heavy atom. The summed E-state index contributed by atoms with van der Waals surface area (Å²) in [6.07, 6.45) is 0.829. The maximum atomic E-state index is 10.8. The molecule has 0 aromatic heterocycles. The van der Waals surface area contributed by atoms with Crippen molar-refractivity contribution in [2.75, 3.05) is 13.1 Å². The molecule has 0 aliphatic carbocycles. The third-order valence-electron chi connectivity index (χ3n) is 1.17. The molecule has 0 spiro atoms. The van der Waals surface area contributed by atoms with Crippen molar-refractivity contribution >= 4 is 5.91 Å². The van der Waals surface area contributed by atoms with Gasteiger partial charge < -0.3 is 5.32 Å². The zero-order chi connectivity index (χ0) is 8.69. The van der Waals surface area contributed by atoms with Crippen LogP contribution in [0.2, 0.25) is 0 Å². The minimum atomic E-state index is -0.0954. The van der Waals surface area contributed by atoms with Gasteiger partial charge in [-0.1, -0.05) is 6.58 Å². The van der Waals surface area contributed by atoms with E-state index in [1.54, 1.807) is 6.92 Å². The second-order valence-electron chi connectivity index (χ2n) is 2.34. The molecule has 0 heterocycles. The first kappa shape index (κ1) is 10.1. The average Bonchev–Trinajstić information content (AvgIpc) is 1.97. The Kier molecular flexibility index (Phi) is 5.42. The Balaban J connectivity index is 3.25. The van der Waals surface area contributed by atoms with Crippen LogP contribution in [0.1, 0.15) is 13.3 Å². The molecule has 0 aliphatic heterocycles. The molecule has 0 radical (unpaired) electrons. The fourth-order valence-corrected chi connectivity index (χ4v) is 0.543. The lowest BCUT2D eigenvalue weighted by molar-refractivity contribution is -0.117. The number of nitrogens with one attached hydrogen (secondary N) is 2. The van der Waals surface area contributed by atoms with Crippen molar-refractivity contribution < 1.29 is 4.79 Å². The summed E-state index contributed by atoms with van der Waals surface area (Å²) in [4.78, 5) is 10.8. The number of carbonyl (C=O) groups excluding carboxylic acids is 1. The van der Waals surface area contributed by atoms with Gasteiger partial charge in [0.1, 0.15) is 0 Å². The predicted octanol–water partition coefficient (Wildman–Crippen LogP) is -0.468. The quantitative estimate of drug-likeness (QED) is 0.219. The van der Waals surface area contributed by atoms with Gasteiger partial charge in [0, 0.05) is 18.7 Å². The summed E-state index contributed by atoms with van der Waals surface area (Å²) in [6, 6.07) is 0. The van der Waals surface area contributed by atoms with Gasteiger partial charge in [-0.05, 0) is 13.3 Å². The van der Waals surface area contributed by atoms with Crippen molar-refractivity contribution in [2.24, 2.45) is 5.84 Å². The van der Waals surface area contributed by atoms with E-state index in [9.17, 15) is 4.79 Å². The SMILES string of the molecule is C=C(C)C(=O)NCCCNN. The summed E-state index contributed by atoms with van der Waals surface area (Å²) in [5.74, 6) is 4.93. The average molecular weight is 157 g/mol. The Morgan fingerprint density at radius 3 is 2.64 bits per heavy atom. The molecule has 0 saturated carbocycles. The van der Waals surface area contributed by atoms with E-state index in [-0.39, 0.29) is 5.91 Å². The van der Waals surface area contributed by atoms with Crippen molar-refractivity contribution in [3.8, 4) is 0 Å². The van der Waals surface area contributed by atoms with E-state index in [4.69, 9.17) is 5.84 Å². The van der Waals surface area contributed by atoms with Gasteiger partial charge in [-0.25, -0.2) is 0 Å². The van der Waals surface area contributed by atoms with Crippen LogP contribution in [0.15, 0.2) is 12.2 Å². The Hall–Kier alpha value is -0.870. The molecule has 64 valence electrons. The van der Waals surface area contributed by atoms with Gasteiger partial charge in [0.15, 0.2) is 0 Å². The van der Waals surface area contributed by atoms with Gasteiger partial charge >= 0.3 is 0 Å². The number of carbonyl (C=O) groups is 1. The second kappa shape index (κ2) is 5.88. The molecule has 0 atom stereocenters. The van der Waals surface area contributed by atoms with Crippen LogP contribution in [0.4, 0.5) is 0 Å². The number of hydrazine groups is 1. The van der Waals surface area contributed by atoms with Crippen molar-refractivity contribution in [2.45, 2.75) is 13.3 Å². The van der Waals surface area contributed by atoms with E-state index in [1.807, 2.05) is 0 Å². The van der Waals surface area contributed by atoms with Gasteiger partial charge in [-0.15, -0.1) is 0 Å². The fraction of sp³-hybridized carbons (Fsp3) is 0.571. The van der Waals surface area contributed by atoms with E-state index >= 15 is 0 Å². The number of amides is 1. The van der Waals surface area contributed by atoms with Gasteiger partial charge in [-0.3, -0.25) is 16.1 Å². The topological polar surface area (TPSA) is 67.2 Å². The second-order valence-corrected chi connectivity index (χ2v) is 2.34. The van der Waals surface area contributed by atoms with E-state index in [2.05, 4.69) is 17.3 Å². The van der Waals surface area contributed by atoms with Crippen molar-refractivity contribution in [1.29, 1.82) is 0 Å². The lowest BCUT2D eigenvalue weighted by Gasteiger charge is -2.02. The maximum absolute atomic E-state index is 10.8. The van der Waals surface area contributed by atoms with Crippen LogP contribution in [-0.4, -0.2) is 19.0 Å². The van der Waals surface area contributed by atoms with Crippen LogP contribution >= 0.6 is 0 Å². The molecule has 0 aromatic rings. The summed E-state index contributed by atoms with van der Waals surface area (Å²) in [6.45, 7) is 6.52. The largest absolute Gasteiger partial charge is 0.352 e. The Labute approximate surface area is 66.8 Å². The summed E-state index contributed by atoms with van der Waals surface area (Å²) in [7, 11) is 0. The number of nitrogens with two attached hydrogens (primary N) is 1. The number of hydrogen-bond acceptors (Lipinski definition) is 3. The molecule has 1 amide bonds. The van der Waals surface area contributed by atoms with E-state index in [0.717, 1.165) is 6.42 Å². The molecule has 4 N–H and O–H groups in total. The van der Waals surface area contributed by atoms with E-state index in [1.165, 1.54) is 0 Å². The molecule has 0 aromatic carbocycles. The highest BCUT2D eigenvalue weighted by Crippen LogP contribution is 1.84. The normalized spacial score (nSPS) is 9.27. The predicted molar refractivity (Wildman–Crippen MR) is 44.6 cm³/mol. The number of rotatable bonds is 5. The van der Waals surface area contributed by atoms with Crippen LogP contribution in [0, 0.1) is 0 Å². The van der Waals surface area contributed by atoms with Crippen LogP contribution in [0.25, 0.3) is 0 Å². The minimum Gasteiger partial charge on any atom is -0.352 e. The lowest BCUT2D eigenvalue weighted by atomic mass is 10.3. The fourth-order valence-electron chi connectivity index (χ4n) is 0.543. The maximum Gasteiger partial charge on any atom is 0.246 e. The molecule has 0 bridgehead atoms. The summed E-state index contributed by atoms with van der Waals surface area (Å²) < 4.78 is 0. The standard InChI is InChI=1S/C7H15N3O/c1-6(2)7(11)9-4-3-5-10-8/h10H,1,3-5,8H2,2H3,(H,9,11). The highest BCUT2D eigenvalue weighted by molar-refractivity contribution is 5.91. The van der Waals surface area contributed by atoms with E-state index < -0.39 is 0 Å². The first-order valence-corrected chi connectivity index (χ1v) is 3.55. The van der Waals surface area contributed by atoms with Crippen molar-refractivity contribution in [1.82, 2.24) is 10.7 Å². The molecule has 11 heavy (non-hydrogen) atoms. The Morgan fingerprint density at radius 1 is 1.55 bits per heavy atom. The van der Waals surface area contributed by atoms with Gasteiger partial charge in [0.25, 0.3) is 0 Å². The van der Waals surface area contributed by atoms with Crippen LogP contribution < -0.4 is 16.6 Å². The van der Waals surface area contributed by atoms with Crippen molar-refractivity contribution in [3.05, 3.63) is 12.2 Å². The first-order valence-electron chi connectivity index (χ1n) is 3.55. The summed E-state index contributed by atoms with van der Waals surface area (Å²) in [5, 5.41) is 2.68. The number of hydrogen-bond donors (Lipinski definition) is 3. The molecule has 4 nitrogen and oxygen atoms in total. The molecule has 0 aliphatic rings. The van der Waals surface area contributed by atoms with Gasteiger partial charge in [0.05, 0.1) is 0 Å². The van der Waals surface area contributed by atoms with Gasteiger partial charge in [0.2, 0.25) is 5.91 Å².